The number of ether oxygens (including phenoxy) is 1. The first kappa shape index (κ1) is 12.5. The average molecular weight is 243 g/mol. The van der Waals surface area contributed by atoms with E-state index < -0.39 is 18.9 Å². The van der Waals surface area contributed by atoms with Gasteiger partial charge in [0, 0.05) is 24.1 Å². The summed E-state index contributed by atoms with van der Waals surface area (Å²) in [5.41, 5.74) is 0. The van der Waals surface area contributed by atoms with Gasteiger partial charge in [0.25, 0.3) is 0 Å². The maximum atomic E-state index is 11.8. The van der Waals surface area contributed by atoms with Crippen molar-refractivity contribution in [3.63, 3.8) is 0 Å². The molecule has 1 aliphatic heterocycles. The SMILES string of the molecule is CC1CSCCN1C(=O)OCC(F)(F)F. The Labute approximate surface area is 89.9 Å². The summed E-state index contributed by atoms with van der Waals surface area (Å²) in [5.74, 6) is 1.48. The van der Waals surface area contributed by atoms with E-state index in [-0.39, 0.29) is 6.04 Å². The normalized spacial score (nSPS) is 22.7. The number of carbonyl (C=O) groups is 1. The molecule has 0 saturated carbocycles. The van der Waals surface area contributed by atoms with E-state index in [4.69, 9.17) is 0 Å². The summed E-state index contributed by atoms with van der Waals surface area (Å²) in [6.45, 7) is 0.728. The standard InChI is InChI=1S/C8H12F3NO2S/c1-6-4-15-3-2-12(6)7(13)14-5-8(9,10)11/h6H,2-5H2,1H3. The fourth-order valence-corrected chi connectivity index (χ4v) is 2.24. The van der Waals surface area contributed by atoms with E-state index in [1.807, 2.05) is 0 Å². The molecule has 7 heteroatoms. The number of alkyl halides is 3. The topological polar surface area (TPSA) is 29.5 Å². The molecule has 0 aromatic rings. The van der Waals surface area contributed by atoms with Crippen molar-refractivity contribution in [1.29, 1.82) is 0 Å². The number of hydrogen-bond donors (Lipinski definition) is 0. The molecule has 0 bridgehead atoms. The van der Waals surface area contributed by atoms with E-state index in [0.717, 1.165) is 11.5 Å². The van der Waals surface area contributed by atoms with E-state index in [2.05, 4.69) is 4.74 Å². The predicted molar refractivity (Wildman–Crippen MR) is 50.9 cm³/mol. The van der Waals surface area contributed by atoms with Crippen LogP contribution in [0.25, 0.3) is 0 Å². The summed E-state index contributed by atoms with van der Waals surface area (Å²) in [7, 11) is 0. The van der Waals surface area contributed by atoms with E-state index in [1.165, 1.54) is 4.90 Å². The molecule has 0 spiro atoms. The highest BCUT2D eigenvalue weighted by molar-refractivity contribution is 7.99. The number of hydrogen-bond acceptors (Lipinski definition) is 3. The maximum absolute atomic E-state index is 11.8. The van der Waals surface area contributed by atoms with Gasteiger partial charge in [0.2, 0.25) is 0 Å². The molecule has 1 saturated heterocycles. The Morgan fingerprint density at radius 2 is 2.27 bits per heavy atom. The Morgan fingerprint density at radius 3 is 2.80 bits per heavy atom. The van der Waals surface area contributed by atoms with Gasteiger partial charge in [0.15, 0.2) is 6.61 Å². The highest BCUT2D eigenvalue weighted by Gasteiger charge is 2.32. The number of amides is 1. The summed E-state index contributed by atoms with van der Waals surface area (Å²) in [6.07, 6.45) is -5.33. The van der Waals surface area contributed by atoms with Gasteiger partial charge in [-0.3, -0.25) is 0 Å². The van der Waals surface area contributed by atoms with Gasteiger partial charge >= 0.3 is 12.3 Å². The molecule has 0 N–H and O–H groups in total. The Hall–Kier alpha value is -0.590. The summed E-state index contributed by atoms with van der Waals surface area (Å²) in [6, 6.07) is -0.0653. The third-order valence-electron chi connectivity index (χ3n) is 1.96. The number of halogens is 3. The second kappa shape index (κ2) is 4.96. The molecule has 88 valence electrons. The summed E-state index contributed by atoms with van der Waals surface area (Å²) < 4.78 is 39.5. The Kier molecular flexibility index (Phi) is 4.12. The van der Waals surface area contributed by atoms with Gasteiger partial charge in [-0.15, -0.1) is 0 Å². The number of nitrogens with zero attached hydrogens (tertiary/aromatic N) is 1. The van der Waals surface area contributed by atoms with E-state index in [0.29, 0.717) is 6.54 Å². The summed E-state index contributed by atoms with van der Waals surface area (Å²) in [5, 5.41) is 0. The fourth-order valence-electron chi connectivity index (χ4n) is 1.22. The first-order chi connectivity index (χ1) is 6.90. The lowest BCUT2D eigenvalue weighted by Gasteiger charge is -2.32. The van der Waals surface area contributed by atoms with Crippen LogP contribution >= 0.6 is 11.8 Å². The molecule has 3 nitrogen and oxygen atoms in total. The van der Waals surface area contributed by atoms with Crippen molar-refractivity contribution < 1.29 is 22.7 Å². The highest BCUT2D eigenvalue weighted by atomic mass is 32.2. The van der Waals surface area contributed by atoms with Crippen molar-refractivity contribution >= 4 is 17.9 Å². The van der Waals surface area contributed by atoms with Gasteiger partial charge in [0.1, 0.15) is 0 Å². The minimum atomic E-state index is -4.45. The zero-order valence-corrected chi connectivity index (χ0v) is 9.03. The van der Waals surface area contributed by atoms with E-state index in [9.17, 15) is 18.0 Å². The quantitative estimate of drug-likeness (QED) is 0.706. The van der Waals surface area contributed by atoms with Crippen LogP contribution in [0.15, 0.2) is 0 Å². The Morgan fingerprint density at radius 1 is 1.60 bits per heavy atom. The van der Waals surface area contributed by atoms with Gasteiger partial charge in [-0.05, 0) is 6.92 Å². The van der Waals surface area contributed by atoms with Crippen molar-refractivity contribution in [2.75, 3.05) is 24.7 Å². The lowest BCUT2D eigenvalue weighted by atomic mass is 10.3. The predicted octanol–water partition coefficient (Wildman–Crippen LogP) is 2.12. The van der Waals surface area contributed by atoms with Crippen LogP contribution < -0.4 is 0 Å². The van der Waals surface area contributed by atoms with Crippen LogP contribution in [0.5, 0.6) is 0 Å². The van der Waals surface area contributed by atoms with Gasteiger partial charge in [0.05, 0.1) is 0 Å². The molecule has 0 aromatic heterocycles. The van der Waals surface area contributed by atoms with E-state index >= 15 is 0 Å². The van der Waals surface area contributed by atoms with Crippen LogP contribution in [0.3, 0.4) is 0 Å². The molecule has 0 aromatic carbocycles. The van der Waals surface area contributed by atoms with Gasteiger partial charge in [-0.1, -0.05) is 0 Å². The van der Waals surface area contributed by atoms with Crippen LogP contribution in [0.1, 0.15) is 6.92 Å². The average Bonchev–Trinajstić information content (AvgIpc) is 2.14. The Balaban J connectivity index is 2.39. The highest BCUT2D eigenvalue weighted by Crippen LogP contribution is 2.19. The fraction of sp³-hybridized carbons (Fsp3) is 0.875. The molecule has 1 amide bonds. The molecule has 1 rings (SSSR count). The van der Waals surface area contributed by atoms with Crippen molar-refractivity contribution in [1.82, 2.24) is 4.90 Å². The van der Waals surface area contributed by atoms with Crippen LogP contribution in [0.4, 0.5) is 18.0 Å². The van der Waals surface area contributed by atoms with Crippen molar-refractivity contribution in [3.8, 4) is 0 Å². The summed E-state index contributed by atoms with van der Waals surface area (Å²) in [4.78, 5) is 12.6. The second-order valence-corrected chi connectivity index (χ2v) is 4.44. The molecule has 0 radical (unpaired) electrons. The number of thioether (sulfide) groups is 1. The first-order valence-corrected chi connectivity index (χ1v) is 5.63. The molecule has 1 unspecified atom stereocenters. The largest absolute Gasteiger partial charge is 0.440 e. The number of carbonyl (C=O) groups excluding carboxylic acids is 1. The van der Waals surface area contributed by atoms with Crippen LogP contribution in [0, 0.1) is 0 Å². The zero-order chi connectivity index (χ0) is 11.5. The van der Waals surface area contributed by atoms with Gasteiger partial charge in [-0.2, -0.15) is 24.9 Å². The van der Waals surface area contributed by atoms with Crippen molar-refractivity contribution in [2.24, 2.45) is 0 Å². The molecule has 1 aliphatic rings. The van der Waals surface area contributed by atoms with E-state index in [1.54, 1.807) is 18.7 Å². The molecular formula is C8H12F3NO2S. The molecule has 15 heavy (non-hydrogen) atoms. The van der Waals surface area contributed by atoms with Crippen LogP contribution in [-0.2, 0) is 4.74 Å². The minimum absolute atomic E-state index is 0.0653. The molecule has 1 heterocycles. The molecule has 0 aliphatic carbocycles. The summed E-state index contributed by atoms with van der Waals surface area (Å²) >= 11 is 1.68. The second-order valence-electron chi connectivity index (χ2n) is 3.29. The zero-order valence-electron chi connectivity index (χ0n) is 8.21. The monoisotopic (exact) mass is 243 g/mol. The van der Waals surface area contributed by atoms with Gasteiger partial charge in [-0.25, -0.2) is 4.79 Å². The van der Waals surface area contributed by atoms with Crippen molar-refractivity contribution in [3.05, 3.63) is 0 Å². The maximum Gasteiger partial charge on any atom is 0.422 e. The van der Waals surface area contributed by atoms with Gasteiger partial charge < -0.3 is 9.64 Å². The smallest absolute Gasteiger partial charge is 0.422 e. The van der Waals surface area contributed by atoms with Crippen LogP contribution in [-0.4, -0.2) is 47.9 Å². The minimum Gasteiger partial charge on any atom is -0.440 e. The lowest BCUT2D eigenvalue weighted by Crippen LogP contribution is -2.45. The Bertz CT molecular complexity index is 234. The third-order valence-corrected chi connectivity index (χ3v) is 3.15. The lowest BCUT2D eigenvalue weighted by molar-refractivity contribution is -0.162. The first-order valence-electron chi connectivity index (χ1n) is 4.48. The van der Waals surface area contributed by atoms with Crippen molar-refractivity contribution in [2.45, 2.75) is 19.1 Å². The number of rotatable bonds is 1. The molecular weight excluding hydrogens is 231 g/mol. The van der Waals surface area contributed by atoms with Crippen LogP contribution in [0.2, 0.25) is 0 Å². The molecule has 1 fully saturated rings. The third kappa shape index (κ3) is 4.19. The molecule has 1 atom stereocenters.